The van der Waals surface area contributed by atoms with E-state index in [2.05, 4.69) is 22.8 Å². The summed E-state index contributed by atoms with van der Waals surface area (Å²) in [5, 5.41) is 23.5. The molecule has 2 aromatic carbocycles. The van der Waals surface area contributed by atoms with Crippen molar-refractivity contribution in [2.45, 2.75) is 37.6 Å². The highest BCUT2D eigenvalue weighted by Gasteiger charge is 2.35. The number of aliphatic hydroxyl groups is 1. The molecule has 2 aliphatic rings. The van der Waals surface area contributed by atoms with Crippen LogP contribution in [0.3, 0.4) is 0 Å². The van der Waals surface area contributed by atoms with Crippen LogP contribution < -0.4 is 10.6 Å². The Morgan fingerprint density at radius 2 is 1.62 bits per heavy atom. The average molecular weight is 467 g/mol. The van der Waals surface area contributed by atoms with Gasteiger partial charge in [-0.2, -0.15) is 0 Å². The highest BCUT2D eigenvalue weighted by molar-refractivity contribution is 5.85. The molecule has 4 rings (SSSR count). The van der Waals surface area contributed by atoms with Crippen molar-refractivity contribution in [3.05, 3.63) is 59.7 Å². The Morgan fingerprint density at radius 3 is 2.15 bits per heavy atom. The van der Waals surface area contributed by atoms with Crippen LogP contribution in [-0.2, 0) is 14.3 Å². The molecule has 34 heavy (non-hydrogen) atoms. The van der Waals surface area contributed by atoms with Crippen LogP contribution in [0.5, 0.6) is 0 Å². The second-order valence-electron chi connectivity index (χ2n) is 8.92. The van der Waals surface area contributed by atoms with Crippen LogP contribution in [0.1, 0.15) is 42.7 Å². The van der Waals surface area contributed by atoms with E-state index in [0.29, 0.717) is 0 Å². The topological polar surface area (TPSA) is 125 Å². The zero-order valence-corrected chi connectivity index (χ0v) is 18.9. The molecule has 4 N–H and O–H groups in total. The van der Waals surface area contributed by atoms with Crippen molar-refractivity contribution in [1.82, 2.24) is 10.6 Å². The third kappa shape index (κ3) is 5.07. The fourth-order valence-electron chi connectivity index (χ4n) is 4.82. The van der Waals surface area contributed by atoms with Crippen molar-refractivity contribution >= 4 is 18.0 Å². The third-order valence-electron chi connectivity index (χ3n) is 6.90. The first kappa shape index (κ1) is 23.8. The summed E-state index contributed by atoms with van der Waals surface area (Å²) in [6, 6.07) is 15.0. The van der Waals surface area contributed by atoms with Gasteiger partial charge in [0, 0.05) is 25.5 Å². The number of carbonyl (C=O) groups excluding carboxylic acids is 2. The third-order valence-corrected chi connectivity index (χ3v) is 6.90. The van der Waals surface area contributed by atoms with Crippen molar-refractivity contribution < 1.29 is 29.3 Å². The molecule has 0 aliphatic heterocycles. The molecule has 2 amide bonds. The normalized spacial score (nSPS) is 16.5. The first-order valence-corrected chi connectivity index (χ1v) is 11.7. The zero-order valence-electron chi connectivity index (χ0n) is 18.9. The number of aliphatic hydroxyl groups excluding tert-OH is 1. The SMILES string of the molecule is O=C(NCC(C(=O)N[C@@H](CCO)C(=O)O)C1CCC1)OCC1c2ccccc2-c2ccccc21. The van der Waals surface area contributed by atoms with Gasteiger partial charge in [0.05, 0.1) is 5.92 Å². The van der Waals surface area contributed by atoms with Gasteiger partial charge in [0.1, 0.15) is 12.6 Å². The smallest absolute Gasteiger partial charge is 0.407 e. The number of fused-ring (bicyclic) bond motifs is 3. The van der Waals surface area contributed by atoms with Gasteiger partial charge in [-0.15, -0.1) is 0 Å². The summed E-state index contributed by atoms with van der Waals surface area (Å²) in [5.74, 6) is -2.14. The van der Waals surface area contributed by atoms with Crippen molar-refractivity contribution in [2.24, 2.45) is 11.8 Å². The number of nitrogens with one attached hydrogen (secondary N) is 2. The first-order valence-electron chi connectivity index (χ1n) is 11.7. The second kappa shape index (κ2) is 10.7. The van der Waals surface area contributed by atoms with Crippen LogP contribution in [-0.4, -0.2) is 54.0 Å². The predicted octanol–water partition coefficient (Wildman–Crippen LogP) is 2.89. The predicted molar refractivity (Wildman–Crippen MR) is 125 cm³/mol. The van der Waals surface area contributed by atoms with Crippen LogP contribution in [0.25, 0.3) is 11.1 Å². The highest BCUT2D eigenvalue weighted by atomic mass is 16.5. The molecule has 2 aliphatic carbocycles. The molecule has 2 aromatic rings. The van der Waals surface area contributed by atoms with Crippen molar-refractivity contribution in [3.63, 3.8) is 0 Å². The number of alkyl carbamates (subject to hydrolysis) is 1. The summed E-state index contributed by atoms with van der Waals surface area (Å²) in [6.45, 7) is -0.0975. The van der Waals surface area contributed by atoms with Gasteiger partial charge in [-0.3, -0.25) is 4.79 Å². The van der Waals surface area contributed by atoms with E-state index in [9.17, 15) is 19.5 Å². The number of carbonyl (C=O) groups is 3. The van der Waals surface area contributed by atoms with Gasteiger partial charge in [0.2, 0.25) is 5.91 Å². The first-order chi connectivity index (χ1) is 16.5. The molecule has 1 saturated carbocycles. The van der Waals surface area contributed by atoms with E-state index in [-0.39, 0.29) is 38.0 Å². The van der Waals surface area contributed by atoms with Gasteiger partial charge in [0.25, 0.3) is 0 Å². The lowest BCUT2D eigenvalue weighted by molar-refractivity contribution is -0.143. The molecule has 0 saturated heterocycles. The minimum Gasteiger partial charge on any atom is -0.480 e. The fraction of sp³-hybridized carbons (Fsp3) is 0.423. The largest absolute Gasteiger partial charge is 0.480 e. The molecule has 1 fully saturated rings. The molecule has 180 valence electrons. The zero-order chi connectivity index (χ0) is 24.1. The summed E-state index contributed by atoms with van der Waals surface area (Å²) < 4.78 is 5.55. The number of carboxylic acids is 1. The Morgan fingerprint density at radius 1 is 1.00 bits per heavy atom. The van der Waals surface area contributed by atoms with Crippen LogP contribution >= 0.6 is 0 Å². The molecule has 0 heterocycles. The minimum absolute atomic E-state index is 0.0568. The maximum Gasteiger partial charge on any atom is 0.407 e. The van der Waals surface area contributed by atoms with Gasteiger partial charge in [-0.1, -0.05) is 55.0 Å². The Hall–Kier alpha value is -3.39. The van der Waals surface area contributed by atoms with E-state index < -0.39 is 29.9 Å². The van der Waals surface area contributed by atoms with Crippen molar-refractivity contribution in [3.8, 4) is 11.1 Å². The Labute approximate surface area is 198 Å². The fourth-order valence-corrected chi connectivity index (χ4v) is 4.82. The van der Waals surface area contributed by atoms with E-state index >= 15 is 0 Å². The van der Waals surface area contributed by atoms with E-state index in [1.165, 1.54) is 0 Å². The number of hydrogen-bond acceptors (Lipinski definition) is 5. The summed E-state index contributed by atoms with van der Waals surface area (Å²) in [4.78, 5) is 36.6. The number of rotatable bonds is 10. The van der Waals surface area contributed by atoms with Gasteiger partial charge in [-0.05, 0) is 41.0 Å². The second-order valence-corrected chi connectivity index (χ2v) is 8.92. The van der Waals surface area contributed by atoms with E-state index in [4.69, 9.17) is 9.84 Å². The van der Waals surface area contributed by atoms with Crippen LogP contribution in [0.2, 0.25) is 0 Å². The summed E-state index contributed by atoms with van der Waals surface area (Å²) in [6.07, 6.45) is 2.02. The van der Waals surface area contributed by atoms with Crippen LogP contribution in [0.4, 0.5) is 4.79 Å². The standard InChI is InChI=1S/C26H30N2O6/c29-13-12-23(25(31)32)28-24(30)21(16-6-5-7-16)14-27-26(33)34-15-22-19-10-3-1-8-17(19)18-9-2-4-11-20(18)22/h1-4,8-11,16,21-23,29H,5-7,12-15H2,(H,27,33)(H,28,30)(H,31,32)/t21?,23-/m0/s1. The van der Waals surface area contributed by atoms with E-state index in [1.54, 1.807) is 0 Å². The van der Waals surface area contributed by atoms with Gasteiger partial charge in [-0.25, -0.2) is 9.59 Å². The number of benzene rings is 2. The highest BCUT2D eigenvalue weighted by Crippen LogP contribution is 2.44. The van der Waals surface area contributed by atoms with Gasteiger partial charge in [0.15, 0.2) is 0 Å². The summed E-state index contributed by atoms with van der Waals surface area (Å²) in [7, 11) is 0. The van der Waals surface area contributed by atoms with Gasteiger partial charge >= 0.3 is 12.1 Å². The van der Waals surface area contributed by atoms with Crippen LogP contribution in [0.15, 0.2) is 48.5 Å². The number of carboxylic acid groups (broad SMARTS) is 1. The summed E-state index contributed by atoms with van der Waals surface area (Å²) in [5.41, 5.74) is 4.52. The molecule has 2 atom stereocenters. The number of amides is 2. The lowest BCUT2D eigenvalue weighted by Gasteiger charge is -2.33. The van der Waals surface area contributed by atoms with E-state index in [0.717, 1.165) is 41.5 Å². The Kier molecular flexibility index (Phi) is 7.47. The number of ether oxygens (including phenoxy) is 1. The molecule has 8 nitrogen and oxygen atoms in total. The quantitative estimate of drug-likeness (QED) is 0.427. The molecule has 0 aromatic heterocycles. The monoisotopic (exact) mass is 466 g/mol. The molecule has 1 unspecified atom stereocenters. The van der Waals surface area contributed by atoms with Gasteiger partial charge < -0.3 is 25.6 Å². The Bertz CT molecular complexity index is 1010. The molecule has 0 bridgehead atoms. The maximum absolute atomic E-state index is 12.8. The number of aliphatic carboxylic acids is 1. The Balaban J connectivity index is 1.35. The average Bonchev–Trinajstić information content (AvgIpc) is 3.12. The van der Waals surface area contributed by atoms with Crippen molar-refractivity contribution in [2.75, 3.05) is 19.8 Å². The van der Waals surface area contributed by atoms with Crippen molar-refractivity contribution in [1.29, 1.82) is 0 Å². The number of hydrogen-bond donors (Lipinski definition) is 4. The van der Waals surface area contributed by atoms with E-state index in [1.807, 2.05) is 36.4 Å². The minimum atomic E-state index is -1.20. The lowest BCUT2D eigenvalue weighted by atomic mass is 9.75. The molecular formula is C26H30N2O6. The maximum atomic E-state index is 12.8. The lowest BCUT2D eigenvalue weighted by Crippen LogP contribution is -2.49. The summed E-state index contributed by atoms with van der Waals surface area (Å²) >= 11 is 0. The molecule has 0 radical (unpaired) electrons. The molecular weight excluding hydrogens is 436 g/mol. The molecule has 8 heteroatoms. The van der Waals surface area contributed by atoms with Crippen LogP contribution in [0, 0.1) is 11.8 Å². The molecule has 0 spiro atoms.